The fourth-order valence-corrected chi connectivity index (χ4v) is 1.59. The SMILES string of the molecule is CCC(F)(F)c1ccc2c(c1)OCCCO2. The molecule has 16 heavy (non-hydrogen) atoms. The van der Waals surface area contributed by atoms with E-state index >= 15 is 0 Å². The first-order chi connectivity index (χ1) is 7.63. The molecule has 1 aromatic carbocycles. The average molecular weight is 228 g/mol. The molecule has 1 aliphatic rings. The first kappa shape index (κ1) is 11.2. The first-order valence-electron chi connectivity index (χ1n) is 5.41. The van der Waals surface area contributed by atoms with Crippen molar-refractivity contribution in [1.82, 2.24) is 0 Å². The van der Waals surface area contributed by atoms with Crippen molar-refractivity contribution in [2.24, 2.45) is 0 Å². The van der Waals surface area contributed by atoms with Gasteiger partial charge in [-0.2, -0.15) is 0 Å². The van der Waals surface area contributed by atoms with E-state index in [1.807, 2.05) is 0 Å². The highest BCUT2D eigenvalue weighted by Gasteiger charge is 2.30. The lowest BCUT2D eigenvalue weighted by atomic mass is 10.1. The second kappa shape index (κ2) is 4.28. The third-order valence-electron chi connectivity index (χ3n) is 2.61. The van der Waals surface area contributed by atoms with Crippen molar-refractivity contribution in [3.8, 4) is 11.5 Å². The van der Waals surface area contributed by atoms with Crippen LogP contribution >= 0.6 is 0 Å². The number of ether oxygens (including phenoxy) is 2. The van der Waals surface area contributed by atoms with Crippen LogP contribution in [0.5, 0.6) is 11.5 Å². The zero-order chi connectivity index (χ0) is 11.6. The fourth-order valence-electron chi connectivity index (χ4n) is 1.59. The van der Waals surface area contributed by atoms with Crippen LogP contribution in [0.25, 0.3) is 0 Å². The van der Waals surface area contributed by atoms with Gasteiger partial charge < -0.3 is 9.47 Å². The summed E-state index contributed by atoms with van der Waals surface area (Å²) in [5, 5.41) is 0. The minimum Gasteiger partial charge on any atom is -0.490 e. The molecule has 0 unspecified atom stereocenters. The minimum absolute atomic E-state index is 0.0146. The molecule has 0 saturated carbocycles. The van der Waals surface area contributed by atoms with E-state index in [0.717, 1.165) is 6.42 Å². The maximum Gasteiger partial charge on any atom is 0.273 e. The topological polar surface area (TPSA) is 18.5 Å². The maximum atomic E-state index is 13.5. The van der Waals surface area contributed by atoms with Gasteiger partial charge in [-0.1, -0.05) is 6.92 Å². The van der Waals surface area contributed by atoms with E-state index < -0.39 is 5.92 Å². The van der Waals surface area contributed by atoms with Crippen LogP contribution in [0.15, 0.2) is 18.2 Å². The lowest BCUT2D eigenvalue weighted by Crippen LogP contribution is -2.11. The Bertz CT molecular complexity index is 377. The Balaban J connectivity index is 2.34. The van der Waals surface area contributed by atoms with Crippen LogP contribution in [-0.2, 0) is 5.92 Å². The van der Waals surface area contributed by atoms with Gasteiger partial charge in [0.1, 0.15) is 0 Å². The smallest absolute Gasteiger partial charge is 0.273 e. The van der Waals surface area contributed by atoms with E-state index in [9.17, 15) is 8.78 Å². The fraction of sp³-hybridized carbons (Fsp3) is 0.500. The van der Waals surface area contributed by atoms with Crippen LogP contribution in [0, 0.1) is 0 Å². The molecule has 1 aliphatic heterocycles. The highest BCUT2D eigenvalue weighted by Crippen LogP contribution is 2.37. The lowest BCUT2D eigenvalue weighted by molar-refractivity contribution is -0.00852. The number of fused-ring (bicyclic) bond motifs is 1. The zero-order valence-electron chi connectivity index (χ0n) is 9.13. The Labute approximate surface area is 93.2 Å². The summed E-state index contributed by atoms with van der Waals surface area (Å²) in [7, 11) is 0. The van der Waals surface area contributed by atoms with E-state index in [1.54, 1.807) is 6.07 Å². The van der Waals surface area contributed by atoms with Crippen molar-refractivity contribution in [3.63, 3.8) is 0 Å². The van der Waals surface area contributed by atoms with Gasteiger partial charge in [0.15, 0.2) is 11.5 Å². The molecule has 88 valence electrons. The number of hydrogen-bond donors (Lipinski definition) is 0. The van der Waals surface area contributed by atoms with E-state index in [0.29, 0.717) is 24.7 Å². The monoisotopic (exact) mass is 228 g/mol. The van der Waals surface area contributed by atoms with E-state index in [2.05, 4.69) is 0 Å². The molecular weight excluding hydrogens is 214 g/mol. The molecular formula is C12H14F2O2. The summed E-state index contributed by atoms with van der Waals surface area (Å²) in [6.07, 6.45) is 0.556. The Morgan fingerprint density at radius 3 is 2.56 bits per heavy atom. The van der Waals surface area contributed by atoms with Gasteiger partial charge >= 0.3 is 0 Å². The largest absolute Gasteiger partial charge is 0.490 e. The van der Waals surface area contributed by atoms with Crippen LogP contribution < -0.4 is 9.47 Å². The third kappa shape index (κ3) is 2.10. The third-order valence-corrected chi connectivity index (χ3v) is 2.61. The van der Waals surface area contributed by atoms with Gasteiger partial charge in [0, 0.05) is 18.4 Å². The number of halogens is 2. The second-order valence-electron chi connectivity index (χ2n) is 3.77. The van der Waals surface area contributed by atoms with Gasteiger partial charge in [-0.25, -0.2) is 8.78 Å². The van der Waals surface area contributed by atoms with Crippen LogP contribution in [0.4, 0.5) is 8.78 Å². The normalized spacial score (nSPS) is 15.7. The Morgan fingerprint density at radius 2 is 1.88 bits per heavy atom. The molecule has 0 aliphatic carbocycles. The summed E-state index contributed by atoms with van der Waals surface area (Å²) in [6.45, 7) is 2.54. The van der Waals surface area contributed by atoms with E-state index in [1.165, 1.54) is 19.1 Å². The molecule has 0 atom stereocenters. The molecule has 0 N–H and O–H groups in total. The second-order valence-corrected chi connectivity index (χ2v) is 3.77. The van der Waals surface area contributed by atoms with Crippen molar-refractivity contribution < 1.29 is 18.3 Å². The van der Waals surface area contributed by atoms with Crippen LogP contribution in [0.1, 0.15) is 25.3 Å². The molecule has 1 heterocycles. The van der Waals surface area contributed by atoms with Crippen molar-refractivity contribution in [2.75, 3.05) is 13.2 Å². The maximum absolute atomic E-state index is 13.5. The highest BCUT2D eigenvalue weighted by atomic mass is 19.3. The van der Waals surface area contributed by atoms with Gasteiger partial charge in [-0.05, 0) is 18.2 Å². The quantitative estimate of drug-likeness (QED) is 0.772. The summed E-state index contributed by atoms with van der Waals surface area (Å²) in [4.78, 5) is 0. The Hall–Kier alpha value is -1.32. The molecule has 0 aromatic heterocycles. The number of rotatable bonds is 2. The van der Waals surface area contributed by atoms with Crippen molar-refractivity contribution in [3.05, 3.63) is 23.8 Å². The molecule has 1 aromatic rings. The van der Waals surface area contributed by atoms with Gasteiger partial charge in [0.2, 0.25) is 0 Å². The lowest BCUT2D eigenvalue weighted by Gasteiger charge is -2.16. The summed E-state index contributed by atoms with van der Waals surface area (Å²) in [5.74, 6) is -1.83. The van der Waals surface area contributed by atoms with Gasteiger partial charge in [-0.3, -0.25) is 0 Å². The standard InChI is InChI=1S/C12H14F2O2/c1-2-12(13,14)9-4-5-10-11(8-9)16-7-3-6-15-10/h4-5,8H,2-3,6-7H2,1H3. The molecule has 0 spiro atoms. The molecule has 0 fully saturated rings. The van der Waals surface area contributed by atoms with E-state index in [-0.39, 0.29) is 12.0 Å². The number of benzene rings is 1. The molecule has 4 heteroatoms. The van der Waals surface area contributed by atoms with E-state index in [4.69, 9.17) is 9.47 Å². The Morgan fingerprint density at radius 1 is 1.19 bits per heavy atom. The Kier molecular flexibility index (Phi) is 2.99. The van der Waals surface area contributed by atoms with Crippen molar-refractivity contribution in [2.45, 2.75) is 25.7 Å². The summed E-state index contributed by atoms with van der Waals surface area (Å²) >= 11 is 0. The summed E-state index contributed by atoms with van der Waals surface area (Å²) in [5.41, 5.74) is -0.0146. The molecule has 0 amide bonds. The first-order valence-corrected chi connectivity index (χ1v) is 5.41. The van der Waals surface area contributed by atoms with Gasteiger partial charge in [-0.15, -0.1) is 0 Å². The summed E-state index contributed by atoms with van der Waals surface area (Å²) in [6, 6.07) is 4.33. The molecule has 2 rings (SSSR count). The van der Waals surface area contributed by atoms with Gasteiger partial charge in [0.25, 0.3) is 5.92 Å². The predicted octanol–water partition coefficient (Wildman–Crippen LogP) is 3.35. The highest BCUT2D eigenvalue weighted by molar-refractivity contribution is 5.44. The predicted molar refractivity (Wildman–Crippen MR) is 56.2 cm³/mol. The number of hydrogen-bond acceptors (Lipinski definition) is 2. The van der Waals surface area contributed by atoms with Crippen molar-refractivity contribution in [1.29, 1.82) is 0 Å². The van der Waals surface area contributed by atoms with Crippen LogP contribution in [0.3, 0.4) is 0 Å². The molecule has 0 bridgehead atoms. The van der Waals surface area contributed by atoms with Crippen LogP contribution in [0.2, 0.25) is 0 Å². The minimum atomic E-state index is -2.80. The van der Waals surface area contributed by atoms with Crippen molar-refractivity contribution >= 4 is 0 Å². The zero-order valence-corrected chi connectivity index (χ0v) is 9.13. The van der Waals surface area contributed by atoms with Crippen LogP contribution in [-0.4, -0.2) is 13.2 Å². The molecule has 0 radical (unpaired) electrons. The average Bonchev–Trinajstić information content (AvgIpc) is 2.53. The molecule has 0 saturated heterocycles. The number of alkyl halides is 2. The van der Waals surface area contributed by atoms with Gasteiger partial charge in [0.05, 0.1) is 13.2 Å². The summed E-state index contributed by atoms with van der Waals surface area (Å²) < 4.78 is 37.7. The molecule has 2 nitrogen and oxygen atoms in total.